The molecular formula is C14H28NO8P. The summed E-state index contributed by atoms with van der Waals surface area (Å²) in [5.74, 6) is -1.34. The van der Waals surface area contributed by atoms with Gasteiger partial charge in [0, 0.05) is 6.61 Å². The standard InChI is InChI=1S/C14H28NO8P/c1-3-5-6-8-21-12(9-20-7-4-2)10-22-24(18,19)23-11-13(15)14(16)17/h4,12-13H,2-3,5-11,15H2,1H3,(H,16,17)(H,18,19). The van der Waals surface area contributed by atoms with Crippen molar-refractivity contribution in [2.24, 2.45) is 5.73 Å². The molecule has 0 aliphatic heterocycles. The Balaban J connectivity index is 4.29. The summed E-state index contributed by atoms with van der Waals surface area (Å²) >= 11 is 0. The quantitative estimate of drug-likeness (QED) is 0.209. The van der Waals surface area contributed by atoms with Crippen molar-refractivity contribution in [2.75, 3.05) is 33.0 Å². The third-order valence-corrected chi connectivity index (χ3v) is 3.75. The summed E-state index contributed by atoms with van der Waals surface area (Å²) in [5.41, 5.74) is 5.19. The molecule has 0 aliphatic rings. The SMILES string of the molecule is C=CCOCC(COP(=O)(O)OCC(N)C(=O)O)OCCCCC. The summed E-state index contributed by atoms with van der Waals surface area (Å²) in [6.45, 7) is 5.66. The van der Waals surface area contributed by atoms with Gasteiger partial charge in [-0.05, 0) is 6.42 Å². The number of phosphoric ester groups is 1. The van der Waals surface area contributed by atoms with Crippen LogP contribution in [0.1, 0.15) is 26.2 Å². The van der Waals surface area contributed by atoms with Gasteiger partial charge in [0.25, 0.3) is 0 Å². The summed E-state index contributed by atoms with van der Waals surface area (Å²) in [5, 5.41) is 8.60. The van der Waals surface area contributed by atoms with Crippen LogP contribution in [0.25, 0.3) is 0 Å². The van der Waals surface area contributed by atoms with Crippen LogP contribution in [0.5, 0.6) is 0 Å². The van der Waals surface area contributed by atoms with Gasteiger partial charge in [0.1, 0.15) is 12.1 Å². The lowest BCUT2D eigenvalue weighted by Crippen LogP contribution is -2.34. The molecule has 3 atom stereocenters. The molecular weight excluding hydrogens is 341 g/mol. The van der Waals surface area contributed by atoms with E-state index in [1.807, 2.05) is 0 Å². The van der Waals surface area contributed by atoms with Crippen LogP contribution in [0, 0.1) is 0 Å². The van der Waals surface area contributed by atoms with Crippen molar-refractivity contribution >= 4 is 13.8 Å². The minimum atomic E-state index is -4.42. The first-order valence-corrected chi connectivity index (χ1v) is 9.22. The smallest absolute Gasteiger partial charge is 0.472 e. The minimum Gasteiger partial charge on any atom is -0.480 e. The van der Waals surface area contributed by atoms with Crippen molar-refractivity contribution in [2.45, 2.75) is 38.3 Å². The van der Waals surface area contributed by atoms with E-state index in [-0.39, 0.29) is 13.2 Å². The number of aliphatic carboxylic acids is 1. The Labute approximate surface area is 142 Å². The first-order chi connectivity index (χ1) is 11.3. The first kappa shape index (κ1) is 23.2. The van der Waals surface area contributed by atoms with E-state index in [0.717, 1.165) is 19.3 Å². The molecule has 10 heteroatoms. The highest BCUT2D eigenvalue weighted by atomic mass is 31.2. The van der Waals surface area contributed by atoms with Gasteiger partial charge in [0.05, 0.1) is 26.4 Å². The highest BCUT2D eigenvalue weighted by Crippen LogP contribution is 2.43. The van der Waals surface area contributed by atoms with E-state index in [0.29, 0.717) is 13.2 Å². The number of hydrogen-bond acceptors (Lipinski definition) is 7. The van der Waals surface area contributed by atoms with Gasteiger partial charge in [-0.2, -0.15) is 0 Å². The summed E-state index contributed by atoms with van der Waals surface area (Å²) < 4.78 is 31.9. The topological polar surface area (TPSA) is 138 Å². The van der Waals surface area contributed by atoms with Gasteiger partial charge in [0.2, 0.25) is 0 Å². The summed E-state index contributed by atoms with van der Waals surface area (Å²) in [7, 11) is -4.42. The van der Waals surface area contributed by atoms with Crippen molar-refractivity contribution in [3.05, 3.63) is 12.7 Å². The van der Waals surface area contributed by atoms with Gasteiger partial charge in [-0.15, -0.1) is 6.58 Å². The summed E-state index contributed by atoms with van der Waals surface area (Å²) in [6.07, 6.45) is 3.92. The predicted molar refractivity (Wildman–Crippen MR) is 87.6 cm³/mol. The van der Waals surface area contributed by atoms with E-state index < -0.39 is 32.5 Å². The molecule has 9 nitrogen and oxygen atoms in total. The zero-order valence-corrected chi connectivity index (χ0v) is 14.9. The van der Waals surface area contributed by atoms with E-state index in [9.17, 15) is 14.3 Å². The number of carboxylic acids is 1. The van der Waals surface area contributed by atoms with Crippen molar-refractivity contribution in [3.63, 3.8) is 0 Å². The molecule has 142 valence electrons. The lowest BCUT2D eigenvalue weighted by atomic mass is 10.3. The second-order valence-corrected chi connectivity index (χ2v) is 6.48. The third-order valence-electron chi connectivity index (χ3n) is 2.80. The van der Waals surface area contributed by atoms with Crippen molar-refractivity contribution in [1.29, 1.82) is 0 Å². The Hall–Kier alpha value is -0.800. The van der Waals surface area contributed by atoms with Crippen LogP contribution in [0.3, 0.4) is 0 Å². The largest absolute Gasteiger partial charge is 0.480 e. The molecule has 4 N–H and O–H groups in total. The van der Waals surface area contributed by atoms with Crippen molar-refractivity contribution in [3.8, 4) is 0 Å². The van der Waals surface area contributed by atoms with Crippen molar-refractivity contribution < 1.29 is 37.9 Å². The molecule has 0 saturated carbocycles. The lowest BCUT2D eigenvalue weighted by Gasteiger charge is -2.20. The zero-order valence-electron chi connectivity index (χ0n) is 14.0. The van der Waals surface area contributed by atoms with Crippen LogP contribution in [-0.2, 0) is 27.9 Å². The molecule has 0 rings (SSSR count). The lowest BCUT2D eigenvalue weighted by molar-refractivity contribution is -0.139. The Morgan fingerprint density at radius 3 is 2.54 bits per heavy atom. The molecule has 0 aromatic heterocycles. The van der Waals surface area contributed by atoms with E-state index in [2.05, 4.69) is 18.0 Å². The number of carboxylic acid groups (broad SMARTS) is 1. The molecule has 0 radical (unpaired) electrons. The van der Waals surface area contributed by atoms with E-state index >= 15 is 0 Å². The number of carbonyl (C=O) groups is 1. The molecule has 0 spiro atoms. The van der Waals surface area contributed by atoms with Crippen LogP contribution in [0.15, 0.2) is 12.7 Å². The van der Waals surface area contributed by atoms with Gasteiger partial charge >= 0.3 is 13.8 Å². The molecule has 0 heterocycles. The Morgan fingerprint density at radius 1 is 1.29 bits per heavy atom. The predicted octanol–water partition coefficient (Wildman–Crippen LogP) is 1.31. The molecule has 0 amide bonds. The van der Waals surface area contributed by atoms with Gasteiger partial charge in [-0.3, -0.25) is 13.8 Å². The number of ether oxygens (including phenoxy) is 2. The number of nitrogens with two attached hydrogens (primary N) is 1. The average molecular weight is 369 g/mol. The van der Waals surface area contributed by atoms with Gasteiger partial charge in [-0.25, -0.2) is 4.57 Å². The molecule has 24 heavy (non-hydrogen) atoms. The summed E-state index contributed by atoms with van der Waals surface area (Å²) in [6, 6.07) is -1.41. The third kappa shape index (κ3) is 12.6. The second-order valence-electron chi connectivity index (χ2n) is 5.03. The van der Waals surface area contributed by atoms with Gasteiger partial charge in [0.15, 0.2) is 0 Å². The van der Waals surface area contributed by atoms with Gasteiger partial charge in [-0.1, -0.05) is 25.8 Å². The normalized spacial score (nSPS) is 16.3. The number of unbranched alkanes of at least 4 members (excludes halogenated alkanes) is 2. The molecule has 0 fully saturated rings. The first-order valence-electron chi connectivity index (χ1n) is 7.72. The molecule has 0 aliphatic carbocycles. The van der Waals surface area contributed by atoms with Crippen LogP contribution < -0.4 is 5.73 Å². The monoisotopic (exact) mass is 369 g/mol. The number of rotatable bonds is 16. The molecule has 0 bridgehead atoms. The molecule has 3 unspecified atom stereocenters. The fourth-order valence-corrected chi connectivity index (χ4v) is 2.27. The molecule has 0 aromatic rings. The molecule has 0 saturated heterocycles. The van der Waals surface area contributed by atoms with E-state index in [1.165, 1.54) is 0 Å². The van der Waals surface area contributed by atoms with Crippen LogP contribution in [-0.4, -0.2) is 61.1 Å². The Kier molecular flexibility index (Phi) is 13.0. The van der Waals surface area contributed by atoms with E-state index in [1.54, 1.807) is 6.08 Å². The molecule has 0 aromatic carbocycles. The Bertz CT molecular complexity index is 406. The second kappa shape index (κ2) is 13.5. The zero-order chi connectivity index (χ0) is 18.4. The number of phosphoric acid groups is 1. The fraction of sp³-hybridized carbons (Fsp3) is 0.786. The highest BCUT2D eigenvalue weighted by Gasteiger charge is 2.26. The Morgan fingerprint density at radius 2 is 1.96 bits per heavy atom. The highest BCUT2D eigenvalue weighted by molar-refractivity contribution is 7.47. The maximum Gasteiger partial charge on any atom is 0.472 e. The van der Waals surface area contributed by atoms with Crippen LogP contribution in [0.2, 0.25) is 0 Å². The average Bonchev–Trinajstić information content (AvgIpc) is 2.53. The number of hydrogen-bond donors (Lipinski definition) is 3. The minimum absolute atomic E-state index is 0.160. The maximum absolute atomic E-state index is 11.7. The summed E-state index contributed by atoms with van der Waals surface area (Å²) in [4.78, 5) is 20.1. The fourth-order valence-electron chi connectivity index (χ4n) is 1.49. The van der Waals surface area contributed by atoms with Crippen molar-refractivity contribution in [1.82, 2.24) is 0 Å². The van der Waals surface area contributed by atoms with Crippen LogP contribution >= 0.6 is 7.82 Å². The van der Waals surface area contributed by atoms with Crippen LogP contribution in [0.4, 0.5) is 0 Å². The van der Waals surface area contributed by atoms with E-state index in [4.69, 9.17) is 24.8 Å². The van der Waals surface area contributed by atoms with Gasteiger partial charge < -0.3 is 25.2 Å². The maximum atomic E-state index is 11.7.